The standard InChI is InChI=1S/C21H29FN4O4/c1-10-13-15(26(11-7-8-11)20(28)24-19(13)27)17(30-4)16(14(10)22)25-9-5-6-12(25)18(23)21(2,3)29/h11-12,18,29H,5-9,23H2,1-4H3,(H,24,27,28). The van der Waals surface area contributed by atoms with E-state index in [0.29, 0.717) is 18.5 Å². The first-order chi connectivity index (χ1) is 14.1. The minimum atomic E-state index is -1.16. The molecule has 1 aliphatic heterocycles. The molecule has 0 spiro atoms. The van der Waals surface area contributed by atoms with Gasteiger partial charge in [0, 0.05) is 24.2 Å². The van der Waals surface area contributed by atoms with Crippen molar-refractivity contribution in [1.29, 1.82) is 0 Å². The molecule has 2 unspecified atom stereocenters. The number of aliphatic hydroxyl groups is 1. The summed E-state index contributed by atoms with van der Waals surface area (Å²) in [6.07, 6.45) is 3.09. The highest BCUT2D eigenvalue weighted by Gasteiger charge is 2.41. The second-order valence-electron chi connectivity index (χ2n) is 8.99. The number of rotatable bonds is 5. The Bertz CT molecular complexity index is 1110. The Morgan fingerprint density at radius 1 is 1.30 bits per heavy atom. The second kappa shape index (κ2) is 7.09. The Morgan fingerprint density at radius 2 is 1.97 bits per heavy atom. The maximum absolute atomic E-state index is 15.7. The van der Waals surface area contributed by atoms with E-state index in [1.165, 1.54) is 11.7 Å². The number of nitrogens with zero attached hydrogens (tertiary/aromatic N) is 2. The van der Waals surface area contributed by atoms with E-state index in [-0.39, 0.29) is 34.5 Å². The molecule has 2 atom stereocenters. The largest absolute Gasteiger partial charge is 0.492 e. The molecular weight excluding hydrogens is 391 g/mol. The van der Waals surface area contributed by atoms with Crippen molar-refractivity contribution in [2.75, 3.05) is 18.6 Å². The fourth-order valence-corrected chi connectivity index (χ4v) is 4.66. The number of methoxy groups -OCH3 is 1. The Balaban J connectivity index is 2.04. The maximum atomic E-state index is 15.7. The summed E-state index contributed by atoms with van der Waals surface area (Å²) in [6, 6.07) is -0.977. The van der Waals surface area contributed by atoms with Crippen molar-refractivity contribution in [2.45, 2.75) is 70.2 Å². The zero-order valence-corrected chi connectivity index (χ0v) is 17.8. The van der Waals surface area contributed by atoms with E-state index in [2.05, 4.69) is 4.98 Å². The number of benzene rings is 1. The van der Waals surface area contributed by atoms with Crippen molar-refractivity contribution in [3.8, 4) is 5.75 Å². The molecule has 2 heterocycles. The lowest BCUT2D eigenvalue weighted by atomic mass is 9.91. The highest BCUT2D eigenvalue weighted by atomic mass is 19.1. The normalized spacial score (nSPS) is 20.8. The fraction of sp³-hybridized carbons (Fsp3) is 0.619. The Kier molecular flexibility index (Phi) is 4.93. The Labute approximate surface area is 173 Å². The van der Waals surface area contributed by atoms with Crippen LogP contribution in [0.3, 0.4) is 0 Å². The fourth-order valence-electron chi connectivity index (χ4n) is 4.66. The molecular formula is C21H29FN4O4. The van der Waals surface area contributed by atoms with Crippen molar-refractivity contribution < 1.29 is 14.2 Å². The van der Waals surface area contributed by atoms with Gasteiger partial charge in [0.15, 0.2) is 11.6 Å². The summed E-state index contributed by atoms with van der Waals surface area (Å²) in [5, 5.41) is 10.6. The topological polar surface area (TPSA) is 114 Å². The zero-order valence-electron chi connectivity index (χ0n) is 17.8. The van der Waals surface area contributed by atoms with Crippen molar-refractivity contribution in [3.05, 3.63) is 32.2 Å². The summed E-state index contributed by atoms with van der Waals surface area (Å²) in [7, 11) is 1.41. The number of aromatic nitrogens is 2. The van der Waals surface area contributed by atoms with Gasteiger partial charge < -0.3 is 20.5 Å². The quantitative estimate of drug-likeness (QED) is 0.676. The van der Waals surface area contributed by atoms with Gasteiger partial charge in [-0.25, -0.2) is 9.18 Å². The first-order valence-corrected chi connectivity index (χ1v) is 10.4. The SMILES string of the molecule is COc1c(N2CCCC2C(N)C(C)(C)O)c(F)c(C)c2c(=O)[nH]c(=O)n(C3CC3)c12. The molecule has 0 amide bonds. The summed E-state index contributed by atoms with van der Waals surface area (Å²) < 4.78 is 22.9. The summed E-state index contributed by atoms with van der Waals surface area (Å²) in [5.74, 6) is -0.404. The summed E-state index contributed by atoms with van der Waals surface area (Å²) >= 11 is 0. The first-order valence-electron chi connectivity index (χ1n) is 10.4. The van der Waals surface area contributed by atoms with Crippen LogP contribution < -0.4 is 26.6 Å². The number of hydrogen-bond donors (Lipinski definition) is 3. The summed E-state index contributed by atoms with van der Waals surface area (Å²) in [4.78, 5) is 29.4. The minimum absolute atomic E-state index is 0.0449. The number of H-pyrrole nitrogens is 1. The van der Waals surface area contributed by atoms with Gasteiger partial charge in [0.25, 0.3) is 5.56 Å². The molecule has 1 saturated carbocycles. The van der Waals surface area contributed by atoms with Gasteiger partial charge in [-0.05, 0) is 46.5 Å². The van der Waals surface area contributed by atoms with Crippen LogP contribution in [0, 0.1) is 12.7 Å². The van der Waals surface area contributed by atoms with E-state index in [1.54, 1.807) is 20.8 Å². The smallest absolute Gasteiger partial charge is 0.329 e. The highest BCUT2D eigenvalue weighted by Crippen LogP contribution is 2.45. The molecule has 1 aromatic carbocycles. The molecule has 0 radical (unpaired) electrons. The third kappa shape index (κ3) is 3.11. The number of anilines is 1. The predicted octanol–water partition coefficient (Wildman–Crippen LogP) is 1.55. The number of halogens is 1. The number of fused-ring (bicyclic) bond motifs is 1. The van der Waals surface area contributed by atoms with Gasteiger partial charge in [-0.15, -0.1) is 0 Å². The third-order valence-electron chi connectivity index (χ3n) is 6.42. The molecule has 1 aromatic heterocycles. The van der Waals surface area contributed by atoms with Crippen LogP contribution in [-0.4, -0.2) is 46.0 Å². The van der Waals surface area contributed by atoms with Crippen molar-refractivity contribution in [3.63, 3.8) is 0 Å². The van der Waals surface area contributed by atoms with Crippen LogP contribution in [0.2, 0.25) is 0 Å². The lowest BCUT2D eigenvalue weighted by Crippen LogP contribution is -2.55. The molecule has 2 aliphatic rings. The molecule has 164 valence electrons. The lowest BCUT2D eigenvalue weighted by molar-refractivity contribution is 0.0434. The third-order valence-corrected chi connectivity index (χ3v) is 6.42. The van der Waals surface area contributed by atoms with Gasteiger partial charge in [-0.2, -0.15) is 0 Å². The van der Waals surface area contributed by atoms with E-state index < -0.39 is 28.7 Å². The van der Waals surface area contributed by atoms with Gasteiger partial charge >= 0.3 is 5.69 Å². The van der Waals surface area contributed by atoms with Crippen molar-refractivity contribution >= 4 is 16.6 Å². The highest BCUT2D eigenvalue weighted by molar-refractivity contribution is 5.94. The number of ether oxygens (including phenoxy) is 1. The summed E-state index contributed by atoms with van der Waals surface area (Å²) in [5.41, 5.74) is 4.74. The zero-order chi connectivity index (χ0) is 22.0. The Morgan fingerprint density at radius 3 is 2.53 bits per heavy atom. The van der Waals surface area contributed by atoms with E-state index >= 15 is 4.39 Å². The van der Waals surface area contributed by atoms with E-state index in [0.717, 1.165) is 19.3 Å². The Hall–Kier alpha value is -2.39. The van der Waals surface area contributed by atoms with Crippen LogP contribution in [0.25, 0.3) is 10.9 Å². The van der Waals surface area contributed by atoms with Crippen molar-refractivity contribution in [1.82, 2.24) is 9.55 Å². The second-order valence-corrected chi connectivity index (χ2v) is 8.99. The number of nitrogens with one attached hydrogen (secondary N) is 1. The number of aromatic amines is 1. The van der Waals surface area contributed by atoms with Crippen LogP contribution in [0.15, 0.2) is 9.59 Å². The molecule has 0 bridgehead atoms. The summed E-state index contributed by atoms with van der Waals surface area (Å²) in [6.45, 7) is 5.34. The molecule has 30 heavy (non-hydrogen) atoms. The number of aryl methyl sites for hydroxylation is 1. The molecule has 4 rings (SSSR count). The molecule has 2 aromatic rings. The minimum Gasteiger partial charge on any atom is -0.492 e. The number of hydrogen-bond acceptors (Lipinski definition) is 6. The van der Waals surface area contributed by atoms with E-state index in [1.807, 2.05) is 4.90 Å². The van der Waals surface area contributed by atoms with Crippen LogP contribution in [0.4, 0.5) is 10.1 Å². The van der Waals surface area contributed by atoms with Gasteiger partial charge in [0.1, 0.15) is 11.2 Å². The molecule has 1 saturated heterocycles. The molecule has 2 fully saturated rings. The first kappa shape index (κ1) is 20.9. The average molecular weight is 420 g/mol. The molecule has 1 aliphatic carbocycles. The van der Waals surface area contributed by atoms with Gasteiger partial charge in [0.2, 0.25) is 0 Å². The maximum Gasteiger partial charge on any atom is 0.329 e. The van der Waals surface area contributed by atoms with Crippen LogP contribution >= 0.6 is 0 Å². The molecule has 4 N–H and O–H groups in total. The lowest BCUT2D eigenvalue weighted by Gasteiger charge is -2.38. The monoisotopic (exact) mass is 420 g/mol. The van der Waals surface area contributed by atoms with Gasteiger partial charge in [-0.1, -0.05) is 0 Å². The van der Waals surface area contributed by atoms with Gasteiger partial charge in [0.05, 0.1) is 24.1 Å². The average Bonchev–Trinajstić information content (AvgIpc) is 3.38. The van der Waals surface area contributed by atoms with E-state index in [9.17, 15) is 14.7 Å². The van der Waals surface area contributed by atoms with Crippen LogP contribution in [-0.2, 0) is 0 Å². The van der Waals surface area contributed by atoms with E-state index in [4.69, 9.17) is 10.5 Å². The van der Waals surface area contributed by atoms with Gasteiger partial charge in [-0.3, -0.25) is 14.3 Å². The predicted molar refractivity (Wildman–Crippen MR) is 113 cm³/mol. The van der Waals surface area contributed by atoms with Crippen LogP contribution in [0.5, 0.6) is 5.75 Å². The molecule has 9 heteroatoms. The molecule has 8 nitrogen and oxygen atoms in total. The van der Waals surface area contributed by atoms with Crippen LogP contribution in [0.1, 0.15) is 51.1 Å². The van der Waals surface area contributed by atoms with Crippen molar-refractivity contribution in [2.24, 2.45) is 5.73 Å². The number of nitrogens with two attached hydrogens (primary N) is 1.